The van der Waals surface area contributed by atoms with Crippen molar-refractivity contribution in [2.75, 3.05) is 13.1 Å². The minimum absolute atomic E-state index is 0.0163. The highest BCUT2D eigenvalue weighted by Gasteiger charge is 2.30. The lowest BCUT2D eigenvalue weighted by molar-refractivity contribution is -0.168. The van der Waals surface area contributed by atoms with Gasteiger partial charge in [0.05, 0.1) is 0 Å². The van der Waals surface area contributed by atoms with Crippen molar-refractivity contribution in [3.05, 3.63) is 0 Å². The van der Waals surface area contributed by atoms with Gasteiger partial charge in [0, 0.05) is 12.5 Å². The van der Waals surface area contributed by atoms with Gasteiger partial charge in [0.2, 0.25) is 0 Å². The Hall–Kier alpha value is -0.610. The quantitative estimate of drug-likeness (QED) is 0.696. The van der Waals surface area contributed by atoms with E-state index in [9.17, 15) is 9.90 Å². The summed E-state index contributed by atoms with van der Waals surface area (Å²) in [6.07, 6.45) is 2.05. The van der Waals surface area contributed by atoms with Crippen molar-refractivity contribution in [2.45, 2.75) is 51.7 Å². The molecule has 0 spiro atoms. The van der Waals surface area contributed by atoms with Gasteiger partial charge in [0.15, 0.2) is 6.10 Å². The van der Waals surface area contributed by atoms with Crippen LogP contribution in [0.1, 0.15) is 40.0 Å². The van der Waals surface area contributed by atoms with Crippen molar-refractivity contribution in [1.29, 1.82) is 0 Å². The molecule has 4 heteroatoms. The van der Waals surface area contributed by atoms with E-state index in [-0.39, 0.29) is 5.92 Å². The Balaban J connectivity index is 2.48. The highest BCUT2D eigenvalue weighted by Crippen LogP contribution is 2.18. The molecule has 16 heavy (non-hydrogen) atoms. The Labute approximate surface area is 97.4 Å². The van der Waals surface area contributed by atoms with Gasteiger partial charge in [0.1, 0.15) is 5.60 Å². The first-order chi connectivity index (χ1) is 7.40. The molecule has 4 nitrogen and oxygen atoms in total. The van der Waals surface area contributed by atoms with Crippen molar-refractivity contribution in [3.8, 4) is 0 Å². The normalized spacial score (nSPS) is 24.6. The number of nitrogens with one attached hydrogen (secondary N) is 1. The van der Waals surface area contributed by atoms with E-state index in [0.29, 0.717) is 6.54 Å². The molecule has 0 aliphatic carbocycles. The zero-order chi connectivity index (χ0) is 12.2. The van der Waals surface area contributed by atoms with Gasteiger partial charge in [-0.25, -0.2) is 4.79 Å². The predicted octanol–water partition coefficient (Wildman–Crippen LogP) is 1.08. The summed E-state index contributed by atoms with van der Waals surface area (Å²) in [5.74, 6) is -0.515. The molecule has 2 atom stereocenters. The maximum Gasteiger partial charge on any atom is 0.335 e. The zero-order valence-electron chi connectivity index (χ0n) is 10.5. The molecule has 1 aliphatic rings. The number of hydrogen-bond acceptors (Lipinski definition) is 4. The summed E-state index contributed by atoms with van der Waals surface area (Å²) in [5, 5.41) is 13.1. The Bertz CT molecular complexity index is 227. The average molecular weight is 229 g/mol. The van der Waals surface area contributed by atoms with E-state index in [1.165, 1.54) is 0 Å². The van der Waals surface area contributed by atoms with Crippen LogP contribution >= 0.6 is 0 Å². The van der Waals surface area contributed by atoms with Crippen LogP contribution in [0.25, 0.3) is 0 Å². The van der Waals surface area contributed by atoms with Crippen LogP contribution in [0.2, 0.25) is 0 Å². The number of rotatable bonds is 2. The summed E-state index contributed by atoms with van der Waals surface area (Å²) in [6.45, 7) is 7.09. The van der Waals surface area contributed by atoms with Crippen LogP contribution < -0.4 is 5.32 Å². The molecule has 2 N–H and O–H groups in total. The Morgan fingerprint density at radius 2 is 2.12 bits per heavy atom. The molecule has 1 heterocycles. The van der Waals surface area contributed by atoms with E-state index in [0.717, 1.165) is 25.8 Å². The molecule has 1 saturated heterocycles. The van der Waals surface area contributed by atoms with Gasteiger partial charge in [-0.1, -0.05) is 6.42 Å². The van der Waals surface area contributed by atoms with Crippen LogP contribution in [0.15, 0.2) is 0 Å². The second-order valence-electron chi connectivity index (χ2n) is 5.44. The molecule has 0 unspecified atom stereocenters. The molecule has 0 aromatic heterocycles. The minimum atomic E-state index is -0.996. The number of aliphatic hydroxyl groups excluding tert-OH is 1. The lowest BCUT2D eigenvalue weighted by atomic mass is 9.97. The molecule has 0 radical (unpaired) electrons. The van der Waals surface area contributed by atoms with E-state index in [1.807, 2.05) is 20.8 Å². The van der Waals surface area contributed by atoms with Gasteiger partial charge < -0.3 is 15.2 Å². The van der Waals surface area contributed by atoms with Gasteiger partial charge in [-0.3, -0.25) is 0 Å². The molecular formula is C12H23NO3. The highest BCUT2D eigenvalue weighted by molar-refractivity contribution is 5.75. The second kappa shape index (κ2) is 5.64. The summed E-state index contributed by atoms with van der Waals surface area (Å²) >= 11 is 0. The SMILES string of the molecule is CC(C)(C)OC(=O)[C@H](O)[C@H]1CCCCNC1. The van der Waals surface area contributed by atoms with E-state index in [2.05, 4.69) is 5.32 Å². The molecule has 1 aliphatic heterocycles. The fourth-order valence-electron chi connectivity index (χ4n) is 1.87. The third-order valence-corrected chi connectivity index (χ3v) is 2.68. The van der Waals surface area contributed by atoms with Crippen LogP contribution in [-0.4, -0.2) is 35.9 Å². The number of aliphatic hydroxyl groups is 1. The molecule has 1 fully saturated rings. The first-order valence-electron chi connectivity index (χ1n) is 6.02. The molecule has 0 saturated carbocycles. The van der Waals surface area contributed by atoms with Crippen LogP contribution in [0.3, 0.4) is 0 Å². The van der Waals surface area contributed by atoms with E-state index in [1.54, 1.807) is 0 Å². The molecule has 0 amide bonds. The molecule has 0 bridgehead atoms. The van der Waals surface area contributed by atoms with Crippen molar-refractivity contribution < 1.29 is 14.6 Å². The summed E-state index contributed by atoms with van der Waals surface area (Å²) in [5.41, 5.74) is -0.532. The molecule has 1 rings (SSSR count). The summed E-state index contributed by atoms with van der Waals surface area (Å²) in [6, 6.07) is 0. The van der Waals surface area contributed by atoms with Crippen molar-refractivity contribution >= 4 is 5.97 Å². The number of carbonyl (C=O) groups excluding carboxylic acids is 1. The largest absolute Gasteiger partial charge is 0.458 e. The van der Waals surface area contributed by atoms with Crippen LogP contribution in [0.5, 0.6) is 0 Å². The van der Waals surface area contributed by atoms with Crippen molar-refractivity contribution in [3.63, 3.8) is 0 Å². The number of carbonyl (C=O) groups is 1. The standard InChI is InChI=1S/C12H23NO3/c1-12(2,3)16-11(15)10(14)9-6-4-5-7-13-8-9/h9-10,13-14H,4-8H2,1-3H3/t9-,10+/m0/s1. The van der Waals surface area contributed by atoms with Crippen molar-refractivity contribution in [1.82, 2.24) is 5.32 Å². The second-order valence-corrected chi connectivity index (χ2v) is 5.44. The monoisotopic (exact) mass is 229 g/mol. The topological polar surface area (TPSA) is 58.6 Å². The van der Waals surface area contributed by atoms with E-state index >= 15 is 0 Å². The van der Waals surface area contributed by atoms with E-state index < -0.39 is 17.7 Å². The average Bonchev–Trinajstić information content (AvgIpc) is 2.41. The van der Waals surface area contributed by atoms with Gasteiger partial charge in [-0.15, -0.1) is 0 Å². The number of esters is 1. The first kappa shape index (κ1) is 13.5. The number of hydrogen-bond donors (Lipinski definition) is 2. The van der Waals surface area contributed by atoms with Crippen LogP contribution in [0.4, 0.5) is 0 Å². The lowest BCUT2D eigenvalue weighted by Crippen LogP contribution is -2.39. The Morgan fingerprint density at radius 3 is 2.75 bits per heavy atom. The predicted molar refractivity (Wildman–Crippen MR) is 62.1 cm³/mol. The van der Waals surface area contributed by atoms with Gasteiger partial charge in [-0.05, 0) is 40.2 Å². The highest BCUT2D eigenvalue weighted by atomic mass is 16.6. The van der Waals surface area contributed by atoms with Crippen LogP contribution in [-0.2, 0) is 9.53 Å². The Kier molecular flexibility index (Phi) is 4.74. The van der Waals surface area contributed by atoms with Crippen LogP contribution in [0, 0.1) is 5.92 Å². The van der Waals surface area contributed by atoms with Gasteiger partial charge >= 0.3 is 5.97 Å². The van der Waals surface area contributed by atoms with Gasteiger partial charge in [-0.2, -0.15) is 0 Å². The third-order valence-electron chi connectivity index (χ3n) is 2.68. The Morgan fingerprint density at radius 1 is 1.44 bits per heavy atom. The van der Waals surface area contributed by atoms with Gasteiger partial charge in [0.25, 0.3) is 0 Å². The maximum atomic E-state index is 11.7. The van der Waals surface area contributed by atoms with Crippen molar-refractivity contribution in [2.24, 2.45) is 5.92 Å². The fraction of sp³-hybridized carbons (Fsp3) is 0.917. The maximum absolute atomic E-state index is 11.7. The zero-order valence-corrected chi connectivity index (χ0v) is 10.5. The first-order valence-corrected chi connectivity index (χ1v) is 6.02. The molecule has 0 aromatic carbocycles. The third kappa shape index (κ3) is 4.49. The van der Waals surface area contributed by atoms with E-state index in [4.69, 9.17) is 4.74 Å². The fourth-order valence-corrected chi connectivity index (χ4v) is 1.87. The summed E-state index contributed by atoms with van der Waals surface area (Å²) in [7, 11) is 0. The number of ether oxygens (including phenoxy) is 1. The molecule has 0 aromatic rings. The molecular weight excluding hydrogens is 206 g/mol. The molecule has 94 valence electrons. The smallest absolute Gasteiger partial charge is 0.335 e. The minimum Gasteiger partial charge on any atom is -0.458 e. The summed E-state index contributed by atoms with van der Waals surface area (Å²) in [4.78, 5) is 11.7. The summed E-state index contributed by atoms with van der Waals surface area (Å²) < 4.78 is 5.18. The lowest BCUT2D eigenvalue weighted by Gasteiger charge is -2.25.